The average molecular weight is 303 g/mol. The third-order valence-electron chi connectivity index (χ3n) is 3.63. The maximum Gasteiger partial charge on any atom is 0.303 e. The molecule has 1 N–H and O–H groups in total. The predicted octanol–water partition coefficient (Wildman–Crippen LogP) is 5.89. The van der Waals surface area contributed by atoms with Crippen LogP contribution in [0, 0.1) is 0 Å². The summed E-state index contributed by atoms with van der Waals surface area (Å²) in [5, 5.41) is 9.42. The molecule has 0 rings (SSSR count). The SMILES string of the molecule is CCCCCSC(CCC)CCCCCCCC(=O)O. The first-order chi connectivity index (χ1) is 9.70. The highest BCUT2D eigenvalue weighted by atomic mass is 32.2. The summed E-state index contributed by atoms with van der Waals surface area (Å²) in [6, 6.07) is 0. The molecular formula is C17H34O2S. The molecule has 0 aromatic heterocycles. The van der Waals surface area contributed by atoms with E-state index in [9.17, 15) is 4.79 Å². The molecular weight excluding hydrogens is 268 g/mol. The largest absolute Gasteiger partial charge is 0.481 e. The van der Waals surface area contributed by atoms with E-state index < -0.39 is 5.97 Å². The summed E-state index contributed by atoms with van der Waals surface area (Å²) in [6.45, 7) is 4.55. The number of carbonyl (C=O) groups is 1. The number of carboxylic acids is 1. The second-order valence-corrected chi connectivity index (χ2v) is 7.10. The van der Waals surface area contributed by atoms with Crippen molar-refractivity contribution in [2.24, 2.45) is 0 Å². The van der Waals surface area contributed by atoms with Gasteiger partial charge in [0.05, 0.1) is 0 Å². The number of hydrogen-bond acceptors (Lipinski definition) is 2. The minimum Gasteiger partial charge on any atom is -0.481 e. The monoisotopic (exact) mass is 302 g/mol. The van der Waals surface area contributed by atoms with Crippen LogP contribution in [0.25, 0.3) is 0 Å². The second kappa shape index (κ2) is 15.2. The van der Waals surface area contributed by atoms with Crippen LogP contribution in [-0.4, -0.2) is 22.1 Å². The lowest BCUT2D eigenvalue weighted by Gasteiger charge is -2.15. The fourth-order valence-electron chi connectivity index (χ4n) is 2.41. The number of aliphatic carboxylic acids is 1. The molecule has 0 aromatic rings. The molecule has 2 nitrogen and oxygen atoms in total. The molecule has 0 bridgehead atoms. The first kappa shape index (κ1) is 19.8. The Morgan fingerprint density at radius 1 is 0.900 bits per heavy atom. The summed E-state index contributed by atoms with van der Waals surface area (Å²) in [6.07, 6.45) is 14.1. The van der Waals surface area contributed by atoms with E-state index in [1.807, 2.05) is 0 Å². The third-order valence-corrected chi connectivity index (χ3v) is 5.10. The number of thioether (sulfide) groups is 1. The molecule has 0 heterocycles. The summed E-state index contributed by atoms with van der Waals surface area (Å²) in [4.78, 5) is 10.4. The van der Waals surface area contributed by atoms with Crippen LogP contribution in [0.4, 0.5) is 0 Å². The fourth-order valence-corrected chi connectivity index (χ4v) is 3.85. The van der Waals surface area contributed by atoms with Gasteiger partial charge in [0, 0.05) is 11.7 Å². The standard InChI is InChI=1S/C17H34O2S/c1-3-5-11-15-20-16(12-4-2)13-9-7-6-8-10-14-17(18)19/h16H,3-15H2,1-2H3,(H,18,19). The summed E-state index contributed by atoms with van der Waals surface area (Å²) < 4.78 is 0. The molecule has 0 saturated carbocycles. The van der Waals surface area contributed by atoms with Crippen molar-refractivity contribution < 1.29 is 9.90 Å². The van der Waals surface area contributed by atoms with Crippen LogP contribution >= 0.6 is 11.8 Å². The Bertz CT molecular complexity index is 219. The van der Waals surface area contributed by atoms with Crippen molar-refractivity contribution in [3.63, 3.8) is 0 Å². The van der Waals surface area contributed by atoms with Gasteiger partial charge in [-0.15, -0.1) is 0 Å². The van der Waals surface area contributed by atoms with Crippen LogP contribution in [0.1, 0.15) is 90.9 Å². The number of hydrogen-bond donors (Lipinski definition) is 1. The van der Waals surface area contributed by atoms with E-state index in [2.05, 4.69) is 25.6 Å². The molecule has 0 saturated heterocycles. The molecule has 0 aliphatic rings. The van der Waals surface area contributed by atoms with Gasteiger partial charge in [-0.2, -0.15) is 11.8 Å². The van der Waals surface area contributed by atoms with Gasteiger partial charge >= 0.3 is 5.97 Å². The van der Waals surface area contributed by atoms with Gasteiger partial charge in [0.1, 0.15) is 0 Å². The topological polar surface area (TPSA) is 37.3 Å². The van der Waals surface area contributed by atoms with Crippen molar-refractivity contribution in [2.75, 3.05) is 5.75 Å². The first-order valence-electron chi connectivity index (χ1n) is 8.54. The molecule has 0 aliphatic heterocycles. The predicted molar refractivity (Wildman–Crippen MR) is 90.6 cm³/mol. The Morgan fingerprint density at radius 3 is 2.25 bits per heavy atom. The zero-order chi connectivity index (χ0) is 15.1. The van der Waals surface area contributed by atoms with Crippen molar-refractivity contribution >= 4 is 17.7 Å². The van der Waals surface area contributed by atoms with Crippen molar-refractivity contribution in [1.29, 1.82) is 0 Å². The second-order valence-electron chi connectivity index (χ2n) is 5.69. The van der Waals surface area contributed by atoms with Crippen LogP contribution < -0.4 is 0 Å². The minimum atomic E-state index is -0.656. The van der Waals surface area contributed by atoms with Gasteiger partial charge in [-0.1, -0.05) is 58.8 Å². The highest BCUT2D eigenvalue weighted by Gasteiger charge is 2.07. The van der Waals surface area contributed by atoms with E-state index in [0.29, 0.717) is 6.42 Å². The molecule has 1 atom stereocenters. The summed E-state index contributed by atoms with van der Waals surface area (Å²) >= 11 is 2.18. The van der Waals surface area contributed by atoms with Gasteiger partial charge in [0.2, 0.25) is 0 Å². The lowest BCUT2D eigenvalue weighted by atomic mass is 10.1. The van der Waals surface area contributed by atoms with Gasteiger partial charge in [-0.3, -0.25) is 4.79 Å². The zero-order valence-corrected chi connectivity index (χ0v) is 14.3. The van der Waals surface area contributed by atoms with E-state index in [1.54, 1.807) is 0 Å². The molecule has 3 heteroatoms. The Kier molecular flexibility index (Phi) is 15.1. The summed E-state index contributed by atoms with van der Waals surface area (Å²) in [5.41, 5.74) is 0. The molecule has 1 unspecified atom stereocenters. The van der Waals surface area contributed by atoms with Crippen molar-refractivity contribution in [3.05, 3.63) is 0 Å². The van der Waals surface area contributed by atoms with E-state index in [1.165, 1.54) is 63.5 Å². The van der Waals surface area contributed by atoms with Gasteiger partial charge < -0.3 is 5.11 Å². The Balaban J connectivity index is 3.47. The molecule has 0 aromatic carbocycles. The first-order valence-corrected chi connectivity index (χ1v) is 9.59. The van der Waals surface area contributed by atoms with Gasteiger partial charge in [0.15, 0.2) is 0 Å². The highest BCUT2D eigenvalue weighted by molar-refractivity contribution is 7.99. The molecule has 20 heavy (non-hydrogen) atoms. The van der Waals surface area contributed by atoms with Crippen molar-refractivity contribution in [2.45, 2.75) is 96.1 Å². The average Bonchev–Trinajstić information content (AvgIpc) is 2.42. The minimum absolute atomic E-state index is 0.339. The zero-order valence-electron chi connectivity index (χ0n) is 13.5. The van der Waals surface area contributed by atoms with E-state index in [-0.39, 0.29) is 0 Å². The van der Waals surface area contributed by atoms with Crippen LogP contribution in [0.2, 0.25) is 0 Å². The van der Waals surface area contributed by atoms with Crippen LogP contribution in [-0.2, 0) is 4.79 Å². The van der Waals surface area contributed by atoms with Crippen molar-refractivity contribution in [1.82, 2.24) is 0 Å². The summed E-state index contributed by atoms with van der Waals surface area (Å²) in [5.74, 6) is 0.674. The molecule has 0 amide bonds. The molecule has 120 valence electrons. The van der Waals surface area contributed by atoms with E-state index in [4.69, 9.17) is 5.11 Å². The number of carboxylic acid groups (broad SMARTS) is 1. The maximum atomic E-state index is 10.4. The Labute approximate surface area is 130 Å². The quantitative estimate of drug-likeness (QED) is 0.383. The third kappa shape index (κ3) is 14.2. The van der Waals surface area contributed by atoms with Crippen molar-refractivity contribution in [3.8, 4) is 0 Å². The van der Waals surface area contributed by atoms with Gasteiger partial charge in [-0.05, 0) is 31.4 Å². The van der Waals surface area contributed by atoms with Crippen LogP contribution in [0.15, 0.2) is 0 Å². The Morgan fingerprint density at radius 2 is 1.60 bits per heavy atom. The van der Waals surface area contributed by atoms with Crippen LogP contribution in [0.3, 0.4) is 0 Å². The van der Waals surface area contributed by atoms with Gasteiger partial charge in [0.25, 0.3) is 0 Å². The molecule has 0 fully saturated rings. The lowest BCUT2D eigenvalue weighted by Crippen LogP contribution is -2.03. The number of rotatable bonds is 15. The molecule has 0 spiro atoms. The molecule has 0 aliphatic carbocycles. The van der Waals surface area contributed by atoms with Gasteiger partial charge in [-0.25, -0.2) is 0 Å². The smallest absolute Gasteiger partial charge is 0.303 e. The van der Waals surface area contributed by atoms with E-state index >= 15 is 0 Å². The van der Waals surface area contributed by atoms with Crippen LogP contribution in [0.5, 0.6) is 0 Å². The number of unbranched alkanes of at least 4 members (excludes halogenated alkanes) is 6. The van der Waals surface area contributed by atoms with E-state index in [0.717, 1.165) is 18.1 Å². The fraction of sp³-hybridized carbons (Fsp3) is 0.941. The molecule has 0 radical (unpaired) electrons. The highest BCUT2D eigenvalue weighted by Crippen LogP contribution is 2.24. The maximum absolute atomic E-state index is 10.4. The normalized spacial score (nSPS) is 12.5. The summed E-state index contributed by atoms with van der Waals surface area (Å²) in [7, 11) is 0. The lowest BCUT2D eigenvalue weighted by molar-refractivity contribution is -0.137. The Hall–Kier alpha value is -0.180.